The molecule has 0 unspecified atom stereocenters. The van der Waals surface area contributed by atoms with Crippen LogP contribution in [-0.2, 0) is 6.42 Å². The minimum atomic E-state index is 0.856. The number of hydrogen-bond donors (Lipinski definition) is 0. The van der Waals surface area contributed by atoms with Crippen LogP contribution in [0.5, 0.6) is 0 Å². The summed E-state index contributed by atoms with van der Waals surface area (Å²) in [5.74, 6) is 0. The molecule has 7 aromatic carbocycles. The molecule has 0 atom stereocenters. The summed E-state index contributed by atoms with van der Waals surface area (Å²) in [4.78, 5) is 3.45. The number of anilines is 2. The molecule has 9 rings (SSSR count). The van der Waals surface area contributed by atoms with Crippen molar-refractivity contribution in [2.45, 2.75) is 27.2 Å². The molecule has 9 aromatic rings. The maximum Gasteiger partial charge on any atom is 0.0461 e. The van der Waals surface area contributed by atoms with Gasteiger partial charge in [-0.2, -0.15) is 0 Å². The molecule has 1 nitrogen and oxygen atoms in total. The smallest absolute Gasteiger partial charge is 0.0461 e. The Balaban J connectivity index is 1.05. The van der Waals surface area contributed by atoms with E-state index in [0.717, 1.165) is 29.1 Å². The van der Waals surface area contributed by atoms with Crippen LogP contribution in [0.2, 0.25) is 0 Å². The van der Waals surface area contributed by atoms with Crippen LogP contribution in [0, 0.1) is 0 Å². The third kappa shape index (κ3) is 9.35. The molecule has 0 aliphatic rings. The second-order valence-electron chi connectivity index (χ2n) is 16.2. The summed E-state index contributed by atoms with van der Waals surface area (Å²) in [7, 11) is 0. The number of rotatable bonds is 14. The molecule has 2 heterocycles. The SMILES string of the molecule is C=Cc1sc2ccccc2c1/C=C(\C)c1ccc(N(C(=C)\C=C/C(=C\C)C(/C)=C/C(=C\Cc2ccccc2)c2ccccc2)c2ccc(-c3cccc4c3sc3ccccc34)cc2)cc1. The molecule has 0 N–H and O–H groups in total. The Bertz CT molecular complexity index is 3310. The zero-order valence-electron chi connectivity index (χ0n) is 37.2. The van der Waals surface area contributed by atoms with Gasteiger partial charge in [-0.1, -0.05) is 183 Å². The van der Waals surface area contributed by atoms with E-state index in [0.29, 0.717) is 0 Å². The Hall–Kier alpha value is -7.30. The molecule has 0 saturated heterocycles. The molecule has 0 fully saturated rings. The van der Waals surface area contributed by atoms with Gasteiger partial charge < -0.3 is 4.90 Å². The topological polar surface area (TPSA) is 3.24 Å². The highest BCUT2D eigenvalue weighted by Gasteiger charge is 2.16. The number of nitrogens with zero attached hydrogens (tertiary/aromatic N) is 1. The maximum atomic E-state index is 4.71. The fourth-order valence-electron chi connectivity index (χ4n) is 8.57. The van der Waals surface area contributed by atoms with Crippen molar-refractivity contribution in [1.29, 1.82) is 0 Å². The Morgan fingerprint density at radius 3 is 1.91 bits per heavy atom. The molecule has 0 amide bonds. The van der Waals surface area contributed by atoms with Crippen molar-refractivity contribution in [3.8, 4) is 11.1 Å². The van der Waals surface area contributed by atoms with Crippen molar-refractivity contribution in [2.75, 3.05) is 4.90 Å². The third-order valence-electron chi connectivity index (χ3n) is 12.0. The highest BCUT2D eigenvalue weighted by Crippen LogP contribution is 2.41. The second kappa shape index (κ2) is 19.6. The fourth-order valence-corrected chi connectivity index (χ4v) is 10.8. The van der Waals surface area contributed by atoms with Crippen molar-refractivity contribution in [2.24, 2.45) is 0 Å². The van der Waals surface area contributed by atoms with Gasteiger partial charge in [0.1, 0.15) is 0 Å². The molecule has 316 valence electrons. The van der Waals surface area contributed by atoms with E-state index < -0.39 is 0 Å². The van der Waals surface area contributed by atoms with E-state index >= 15 is 0 Å². The Morgan fingerprint density at radius 2 is 1.22 bits per heavy atom. The summed E-state index contributed by atoms with van der Waals surface area (Å²) < 4.78 is 3.89. The maximum absolute atomic E-state index is 4.71. The summed E-state index contributed by atoms with van der Waals surface area (Å²) >= 11 is 3.65. The van der Waals surface area contributed by atoms with Crippen molar-refractivity contribution >= 4 is 87.6 Å². The van der Waals surface area contributed by atoms with E-state index in [1.807, 2.05) is 17.4 Å². The fraction of sp³-hybridized carbons (Fsp3) is 0.0645. The minimum absolute atomic E-state index is 0.856. The Labute approximate surface area is 392 Å². The summed E-state index contributed by atoms with van der Waals surface area (Å²) in [5.41, 5.74) is 15.0. The normalized spacial score (nSPS) is 12.7. The van der Waals surface area contributed by atoms with Crippen LogP contribution in [0.4, 0.5) is 11.4 Å². The first kappa shape index (κ1) is 43.0. The standard InChI is InChI=1S/C62H51NS2/c1-6-47(43(3)41-51(49-21-12-9-13-22-49)32-30-46-19-10-8-11-20-46)31-29-45(5)63(52-37-33-48(34-38-52)44(4)42-58-56-24-15-16-27-60(56)64-59(58)7-2)53-39-35-50(36-40-53)54-25-18-26-57-55-23-14-17-28-61(55)65-62(54)57/h6-29,31-42H,2,5,30H2,1,3-4H3/b31-29-,43-41+,44-42+,47-6+,51-32+. The van der Waals surface area contributed by atoms with E-state index in [1.54, 1.807) is 11.3 Å². The molecule has 3 heteroatoms. The highest BCUT2D eigenvalue weighted by atomic mass is 32.1. The van der Waals surface area contributed by atoms with Crippen LogP contribution in [-0.4, -0.2) is 0 Å². The summed E-state index contributed by atoms with van der Waals surface area (Å²) in [6, 6.07) is 63.1. The quantitative estimate of drug-likeness (QED) is 0.0984. The number of fused-ring (bicyclic) bond motifs is 4. The van der Waals surface area contributed by atoms with E-state index in [-0.39, 0.29) is 0 Å². The van der Waals surface area contributed by atoms with Gasteiger partial charge in [-0.25, -0.2) is 0 Å². The van der Waals surface area contributed by atoms with Gasteiger partial charge in [-0.15, -0.1) is 22.7 Å². The van der Waals surface area contributed by atoms with Gasteiger partial charge in [0, 0.05) is 57.8 Å². The lowest BCUT2D eigenvalue weighted by Gasteiger charge is -2.26. The molecule has 0 aliphatic carbocycles. The monoisotopic (exact) mass is 873 g/mol. The van der Waals surface area contributed by atoms with Crippen LogP contribution >= 0.6 is 22.7 Å². The highest BCUT2D eigenvalue weighted by molar-refractivity contribution is 7.26. The first-order chi connectivity index (χ1) is 31.9. The predicted molar refractivity (Wildman–Crippen MR) is 289 cm³/mol. The molecular weight excluding hydrogens is 823 g/mol. The van der Waals surface area contributed by atoms with E-state index in [9.17, 15) is 0 Å². The first-order valence-electron chi connectivity index (χ1n) is 22.1. The van der Waals surface area contributed by atoms with Crippen LogP contribution in [0.25, 0.3) is 64.7 Å². The van der Waals surface area contributed by atoms with Crippen LogP contribution in [0.3, 0.4) is 0 Å². The van der Waals surface area contributed by atoms with Crippen molar-refractivity contribution in [3.05, 3.63) is 263 Å². The lowest BCUT2D eigenvalue weighted by Crippen LogP contribution is -2.14. The molecular formula is C62H51NS2. The summed E-state index contributed by atoms with van der Waals surface area (Å²) in [6.07, 6.45) is 16.3. The van der Waals surface area contributed by atoms with Gasteiger partial charge in [-0.3, -0.25) is 0 Å². The first-order valence-corrected chi connectivity index (χ1v) is 23.8. The van der Waals surface area contributed by atoms with Crippen molar-refractivity contribution < 1.29 is 0 Å². The molecule has 2 aromatic heterocycles. The third-order valence-corrected chi connectivity index (χ3v) is 14.4. The van der Waals surface area contributed by atoms with Crippen LogP contribution in [0.15, 0.2) is 236 Å². The minimum Gasteiger partial charge on any atom is -0.311 e. The molecule has 0 bridgehead atoms. The average Bonchev–Trinajstić information content (AvgIpc) is 3.92. The molecule has 0 aliphatic heterocycles. The van der Waals surface area contributed by atoms with Gasteiger partial charge in [0.2, 0.25) is 0 Å². The van der Waals surface area contributed by atoms with Crippen LogP contribution in [0.1, 0.15) is 47.9 Å². The summed E-state index contributed by atoms with van der Waals surface area (Å²) in [6.45, 7) is 15.3. The van der Waals surface area contributed by atoms with Gasteiger partial charge >= 0.3 is 0 Å². The van der Waals surface area contributed by atoms with E-state index in [4.69, 9.17) is 6.58 Å². The Kier molecular flexibility index (Phi) is 13.0. The van der Waals surface area contributed by atoms with Crippen LogP contribution < -0.4 is 4.90 Å². The summed E-state index contributed by atoms with van der Waals surface area (Å²) in [5, 5.41) is 3.87. The second-order valence-corrected chi connectivity index (χ2v) is 18.4. The zero-order chi connectivity index (χ0) is 44.7. The molecule has 0 saturated carbocycles. The van der Waals surface area contributed by atoms with Gasteiger partial charge in [0.25, 0.3) is 0 Å². The number of hydrogen-bond acceptors (Lipinski definition) is 3. The molecule has 65 heavy (non-hydrogen) atoms. The van der Waals surface area contributed by atoms with Crippen molar-refractivity contribution in [1.82, 2.24) is 0 Å². The zero-order valence-corrected chi connectivity index (χ0v) is 38.8. The van der Waals surface area contributed by atoms with E-state index in [2.05, 4.69) is 245 Å². The lowest BCUT2D eigenvalue weighted by molar-refractivity contribution is 1.21. The number of thiophene rings is 2. The lowest BCUT2D eigenvalue weighted by atomic mass is 9.97. The van der Waals surface area contributed by atoms with Gasteiger partial charge in [-0.05, 0) is 126 Å². The average molecular weight is 874 g/mol. The molecule has 0 spiro atoms. The predicted octanol–water partition coefficient (Wildman–Crippen LogP) is 18.6. The van der Waals surface area contributed by atoms with Gasteiger partial charge in [0.05, 0.1) is 0 Å². The number of allylic oxidation sites excluding steroid dienone is 9. The van der Waals surface area contributed by atoms with Gasteiger partial charge in [0.15, 0.2) is 0 Å². The molecule has 0 radical (unpaired) electrons. The number of benzene rings is 7. The largest absolute Gasteiger partial charge is 0.311 e. The van der Waals surface area contributed by atoms with Crippen molar-refractivity contribution in [3.63, 3.8) is 0 Å². The Morgan fingerprint density at radius 1 is 0.600 bits per heavy atom. The van der Waals surface area contributed by atoms with E-state index in [1.165, 1.54) is 85.2 Å².